The average Bonchev–Trinajstić information content (AvgIpc) is 2.62. The fraction of sp³-hybridized carbons (Fsp3) is 0.353. The molecule has 2 N–H and O–H groups in total. The van der Waals surface area contributed by atoms with Crippen LogP contribution in [-0.4, -0.2) is 28.8 Å². The van der Waals surface area contributed by atoms with Crippen molar-refractivity contribution in [1.29, 1.82) is 0 Å². The number of aryl methyl sites for hydroxylation is 1. The molecule has 0 radical (unpaired) electrons. The summed E-state index contributed by atoms with van der Waals surface area (Å²) in [5.41, 5.74) is 8.47. The number of rotatable bonds is 9. The Hall–Kier alpha value is -3.53. The zero-order valence-corrected chi connectivity index (χ0v) is 15.1. The number of benzene rings is 1. The lowest BCUT2D eigenvalue weighted by atomic mass is 10.1. The molecule has 29 heavy (non-hydrogen) atoms. The van der Waals surface area contributed by atoms with Gasteiger partial charge in [-0.05, 0) is 42.5 Å². The maximum absolute atomic E-state index is 12.3. The first-order valence-electron chi connectivity index (χ1n) is 8.50. The Morgan fingerprint density at radius 3 is 2.86 bits per heavy atom. The smallest absolute Gasteiger partial charge is 0.406 e. The second-order valence-electron chi connectivity index (χ2n) is 5.92. The molecule has 0 aliphatic heterocycles. The number of nitrogens with one attached hydrogen (secondary N) is 2. The van der Waals surface area contributed by atoms with Gasteiger partial charge in [0.25, 0.3) is 0 Å². The van der Waals surface area contributed by atoms with Crippen molar-refractivity contribution < 1.29 is 22.7 Å². The van der Waals surface area contributed by atoms with Crippen LogP contribution in [0.1, 0.15) is 24.0 Å². The number of ether oxygens (including phenoxy) is 1. The second-order valence-corrected chi connectivity index (χ2v) is 5.92. The molecule has 0 aliphatic rings. The first-order chi connectivity index (χ1) is 13.8. The molecule has 1 heterocycles. The van der Waals surface area contributed by atoms with E-state index < -0.39 is 23.7 Å². The molecule has 0 aliphatic carbocycles. The van der Waals surface area contributed by atoms with E-state index in [0.717, 1.165) is 12.1 Å². The number of anilines is 1. The highest BCUT2D eigenvalue weighted by Gasteiger charge is 2.31. The van der Waals surface area contributed by atoms with E-state index in [1.165, 1.54) is 18.3 Å². The Balaban J connectivity index is 2.03. The molecule has 2 aromatic rings. The number of aromatic nitrogens is 2. The molecular weight excluding hydrogens is 393 g/mol. The van der Waals surface area contributed by atoms with E-state index in [2.05, 4.69) is 30.0 Å². The summed E-state index contributed by atoms with van der Waals surface area (Å²) in [5.74, 6) is -0.798. The Kier molecular flexibility index (Phi) is 7.61. The number of H-pyrrole nitrogens is 1. The van der Waals surface area contributed by atoms with Gasteiger partial charge in [0.05, 0.1) is 6.42 Å². The molecule has 154 valence electrons. The molecule has 1 amide bonds. The number of nitrogens with zero attached hydrogens (tertiary/aromatic N) is 4. The molecule has 0 unspecified atom stereocenters. The minimum atomic E-state index is -4.83. The van der Waals surface area contributed by atoms with Crippen LogP contribution >= 0.6 is 0 Å². The molecule has 0 saturated heterocycles. The largest absolute Gasteiger partial charge is 0.573 e. The average molecular weight is 410 g/mol. The maximum atomic E-state index is 12.3. The number of hydrogen-bond acceptors (Lipinski definition) is 5. The van der Waals surface area contributed by atoms with Crippen molar-refractivity contribution in [2.75, 3.05) is 11.9 Å². The number of unbranched alkanes of at least 4 members (excludes halogenated alkanes) is 1. The van der Waals surface area contributed by atoms with Gasteiger partial charge in [-0.25, -0.2) is 9.78 Å². The van der Waals surface area contributed by atoms with E-state index >= 15 is 0 Å². The summed E-state index contributed by atoms with van der Waals surface area (Å²) < 4.78 is 40.8. The standard InChI is InChI=1S/C17H17F3N6O3/c18-17(19,20)29-13-6-3-4-11(8-13)9-14(27)24-15-12(10-22-16(28)25-15)5-1-2-7-23-26-21/h3-4,6,8,10H,1-2,5,7,9H2,(H2,22,24,25,27,28). The number of halogens is 3. The van der Waals surface area contributed by atoms with E-state index in [9.17, 15) is 22.8 Å². The van der Waals surface area contributed by atoms with Gasteiger partial charge in [0, 0.05) is 23.2 Å². The van der Waals surface area contributed by atoms with E-state index in [-0.39, 0.29) is 12.2 Å². The van der Waals surface area contributed by atoms with Crippen molar-refractivity contribution in [2.45, 2.75) is 32.0 Å². The molecule has 12 heteroatoms. The number of azide groups is 1. The van der Waals surface area contributed by atoms with Crippen LogP contribution < -0.4 is 15.7 Å². The van der Waals surface area contributed by atoms with Crippen LogP contribution in [0.25, 0.3) is 10.4 Å². The van der Waals surface area contributed by atoms with Gasteiger partial charge in [-0.15, -0.1) is 13.2 Å². The van der Waals surface area contributed by atoms with Crippen LogP contribution in [0.4, 0.5) is 19.0 Å². The van der Waals surface area contributed by atoms with E-state index in [4.69, 9.17) is 5.53 Å². The van der Waals surface area contributed by atoms with Crippen molar-refractivity contribution in [2.24, 2.45) is 5.11 Å². The van der Waals surface area contributed by atoms with Gasteiger partial charge < -0.3 is 10.1 Å². The SMILES string of the molecule is [N-]=[N+]=NCCCCc1cnc(=O)[nH]c1NC(=O)Cc1cccc(OC(F)(F)F)c1. The molecule has 2 rings (SSSR count). The van der Waals surface area contributed by atoms with Crippen molar-refractivity contribution >= 4 is 11.7 Å². The van der Waals surface area contributed by atoms with E-state index in [0.29, 0.717) is 36.9 Å². The van der Waals surface area contributed by atoms with Crippen molar-refractivity contribution in [1.82, 2.24) is 9.97 Å². The molecule has 0 bridgehead atoms. The van der Waals surface area contributed by atoms with Crippen molar-refractivity contribution in [3.8, 4) is 5.75 Å². The summed E-state index contributed by atoms with van der Waals surface area (Å²) >= 11 is 0. The molecule has 1 aromatic heterocycles. The summed E-state index contributed by atoms with van der Waals surface area (Å²) in [6.07, 6.45) is -2.01. The zero-order chi connectivity index (χ0) is 21.3. The highest BCUT2D eigenvalue weighted by Crippen LogP contribution is 2.23. The minimum absolute atomic E-state index is 0.168. The van der Waals surface area contributed by atoms with Crippen LogP contribution in [0.5, 0.6) is 5.75 Å². The van der Waals surface area contributed by atoms with Crippen molar-refractivity contribution in [3.05, 3.63) is 62.5 Å². The molecule has 9 nitrogen and oxygen atoms in total. The third-order valence-corrected chi connectivity index (χ3v) is 3.67. The van der Waals surface area contributed by atoms with Crippen LogP contribution in [0.2, 0.25) is 0 Å². The third-order valence-electron chi connectivity index (χ3n) is 3.67. The summed E-state index contributed by atoms with van der Waals surface area (Å²) in [6, 6.07) is 5.06. The quantitative estimate of drug-likeness (QED) is 0.283. The molecular formula is C17H17F3N6O3. The van der Waals surface area contributed by atoms with Gasteiger partial charge in [-0.3, -0.25) is 9.78 Å². The lowest BCUT2D eigenvalue weighted by molar-refractivity contribution is -0.274. The third kappa shape index (κ3) is 7.93. The van der Waals surface area contributed by atoms with Crippen LogP contribution in [0.3, 0.4) is 0 Å². The van der Waals surface area contributed by atoms with Gasteiger partial charge in [-0.1, -0.05) is 17.2 Å². The highest BCUT2D eigenvalue weighted by molar-refractivity contribution is 5.92. The monoisotopic (exact) mass is 410 g/mol. The van der Waals surface area contributed by atoms with Gasteiger partial charge >= 0.3 is 12.1 Å². The maximum Gasteiger partial charge on any atom is 0.573 e. The van der Waals surface area contributed by atoms with Gasteiger partial charge in [-0.2, -0.15) is 0 Å². The van der Waals surface area contributed by atoms with Crippen LogP contribution in [0.15, 0.2) is 40.4 Å². The molecule has 0 atom stereocenters. The van der Waals surface area contributed by atoms with Gasteiger partial charge in [0.2, 0.25) is 5.91 Å². The number of alkyl halides is 3. The van der Waals surface area contributed by atoms with E-state index in [1.54, 1.807) is 0 Å². The van der Waals surface area contributed by atoms with Crippen molar-refractivity contribution in [3.63, 3.8) is 0 Å². The second kappa shape index (κ2) is 10.1. The fourth-order valence-corrected chi connectivity index (χ4v) is 2.49. The predicted molar refractivity (Wildman–Crippen MR) is 97.3 cm³/mol. The molecule has 1 aromatic carbocycles. The summed E-state index contributed by atoms with van der Waals surface area (Å²) in [4.78, 5) is 32.5. The first kappa shape index (κ1) is 21.8. The Bertz CT molecular complexity index is 954. The Morgan fingerprint density at radius 1 is 1.34 bits per heavy atom. The lowest BCUT2D eigenvalue weighted by Gasteiger charge is -2.11. The number of hydrogen-bond donors (Lipinski definition) is 2. The molecule has 0 spiro atoms. The van der Waals surface area contributed by atoms with Crippen LogP contribution in [-0.2, 0) is 17.6 Å². The highest BCUT2D eigenvalue weighted by atomic mass is 19.4. The number of carbonyl (C=O) groups is 1. The molecule has 0 fully saturated rings. The summed E-state index contributed by atoms with van der Waals surface area (Å²) in [6.45, 7) is 0.325. The first-order valence-corrected chi connectivity index (χ1v) is 8.50. The number of carbonyl (C=O) groups excluding carboxylic acids is 1. The topological polar surface area (TPSA) is 133 Å². The molecule has 0 saturated carbocycles. The van der Waals surface area contributed by atoms with Gasteiger partial charge in [0.1, 0.15) is 11.6 Å². The number of aromatic amines is 1. The normalized spacial score (nSPS) is 10.9. The minimum Gasteiger partial charge on any atom is -0.406 e. The lowest BCUT2D eigenvalue weighted by Crippen LogP contribution is -2.21. The summed E-state index contributed by atoms with van der Waals surface area (Å²) in [5, 5.41) is 5.96. The Labute approximate surface area is 162 Å². The predicted octanol–water partition coefficient (Wildman–Crippen LogP) is 3.48. The Morgan fingerprint density at radius 2 is 2.14 bits per heavy atom. The van der Waals surface area contributed by atoms with E-state index in [1.807, 2.05) is 0 Å². The zero-order valence-electron chi connectivity index (χ0n) is 15.1. The van der Waals surface area contributed by atoms with Gasteiger partial charge in [0.15, 0.2) is 0 Å². The van der Waals surface area contributed by atoms with Crippen LogP contribution in [0, 0.1) is 0 Å². The number of amides is 1. The summed E-state index contributed by atoms with van der Waals surface area (Å²) in [7, 11) is 0. The fourth-order valence-electron chi connectivity index (χ4n) is 2.49.